The number of benzene rings is 2. The van der Waals surface area contributed by atoms with Crippen LogP contribution < -0.4 is 20.1 Å². The van der Waals surface area contributed by atoms with E-state index in [9.17, 15) is 18.0 Å². The summed E-state index contributed by atoms with van der Waals surface area (Å²) in [5, 5.41) is 5.45. The molecule has 2 rings (SSSR count). The fourth-order valence-corrected chi connectivity index (χ4v) is 4.10. The van der Waals surface area contributed by atoms with Crippen LogP contribution in [0.3, 0.4) is 0 Å². The molecular weight excluding hydrogens is 462 g/mol. The topological polar surface area (TPSA) is 114 Å². The van der Waals surface area contributed by atoms with Crippen molar-refractivity contribution in [1.82, 2.24) is 10.0 Å². The van der Waals surface area contributed by atoms with Crippen LogP contribution in [0.15, 0.2) is 53.4 Å². The molecule has 2 aromatic rings. The normalized spacial score (nSPS) is 10.8. The molecule has 0 aliphatic heterocycles. The van der Waals surface area contributed by atoms with E-state index in [4.69, 9.17) is 17.0 Å². The van der Waals surface area contributed by atoms with Gasteiger partial charge < -0.3 is 10.1 Å². The molecule has 0 fully saturated rings. The first-order valence-corrected chi connectivity index (χ1v) is 12.6. The molecular formula is C23H29N3O5S2. The van der Waals surface area contributed by atoms with Crippen LogP contribution in [0.1, 0.15) is 56.3 Å². The summed E-state index contributed by atoms with van der Waals surface area (Å²) in [5.74, 6) is -0.358. The highest BCUT2D eigenvalue weighted by atomic mass is 32.2. The Balaban J connectivity index is 1.83. The molecule has 0 aliphatic rings. The highest BCUT2D eigenvalue weighted by molar-refractivity contribution is 7.90. The zero-order valence-corrected chi connectivity index (χ0v) is 20.4. The lowest BCUT2D eigenvalue weighted by Crippen LogP contribution is -2.34. The number of rotatable bonds is 11. The van der Waals surface area contributed by atoms with Gasteiger partial charge in [-0.1, -0.05) is 32.6 Å². The van der Waals surface area contributed by atoms with Gasteiger partial charge in [-0.05, 0) is 67.2 Å². The Bertz CT molecular complexity index is 1050. The van der Waals surface area contributed by atoms with E-state index in [0.717, 1.165) is 19.8 Å². The fourth-order valence-electron chi connectivity index (χ4n) is 2.90. The molecule has 0 bridgehead atoms. The van der Waals surface area contributed by atoms with Crippen LogP contribution in [0.2, 0.25) is 0 Å². The minimum Gasteiger partial charge on any atom is -0.494 e. The molecule has 0 saturated carbocycles. The van der Waals surface area contributed by atoms with Crippen molar-refractivity contribution in [2.45, 2.75) is 50.8 Å². The van der Waals surface area contributed by atoms with Crippen molar-refractivity contribution in [3.63, 3.8) is 0 Å². The summed E-state index contributed by atoms with van der Waals surface area (Å²) in [6, 6.07) is 12.4. The monoisotopic (exact) mass is 491 g/mol. The average molecular weight is 492 g/mol. The summed E-state index contributed by atoms with van der Waals surface area (Å²) >= 11 is 5.16. The molecule has 8 nitrogen and oxygen atoms in total. The largest absolute Gasteiger partial charge is 0.494 e. The van der Waals surface area contributed by atoms with Crippen LogP contribution in [-0.4, -0.2) is 32.0 Å². The number of hydrogen-bond donors (Lipinski definition) is 3. The minimum atomic E-state index is -3.92. The SMILES string of the molecule is CCCCCCCOc1ccc(C(=O)NC(=S)Nc2ccc(S(=O)(=O)NC(C)=O)cc2)cc1. The van der Waals surface area contributed by atoms with Gasteiger partial charge in [-0.25, -0.2) is 13.1 Å². The van der Waals surface area contributed by atoms with Crippen LogP contribution in [0, 0.1) is 0 Å². The van der Waals surface area contributed by atoms with E-state index in [1.54, 1.807) is 24.3 Å². The molecule has 0 spiro atoms. The number of thiocarbonyl (C=S) groups is 1. The zero-order chi connectivity index (χ0) is 24.3. The molecule has 33 heavy (non-hydrogen) atoms. The van der Waals surface area contributed by atoms with Gasteiger partial charge >= 0.3 is 0 Å². The number of carbonyl (C=O) groups excluding carboxylic acids is 2. The number of hydrogen-bond acceptors (Lipinski definition) is 6. The van der Waals surface area contributed by atoms with Crippen LogP contribution in [0.4, 0.5) is 5.69 Å². The predicted molar refractivity (Wildman–Crippen MR) is 132 cm³/mol. The van der Waals surface area contributed by atoms with Crippen molar-refractivity contribution >= 4 is 44.9 Å². The Labute approximate surface area is 200 Å². The molecule has 0 aliphatic carbocycles. The molecule has 0 aromatic heterocycles. The van der Waals surface area contributed by atoms with Gasteiger partial charge in [-0.2, -0.15) is 0 Å². The van der Waals surface area contributed by atoms with E-state index in [1.165, 1.54) is 43.5 Å². The van der Waals surface area contributed by atoms with Crippen molar-refractivity contribution in [3.05, 3.63) is 54.1 Å². The maximum Gasteiger partial charge on any atom is 0.264 e. The first kappa shape index (κ1) is 26.3. The summed E-state index contributed by atoms with van der Waals surface area (Å²) in [6.07, 6.45) is 5.81. The molecule has 178 valence electrons. The fraction of sp³-hybridized carbons (Fsp3) is 0.348. The number of sulfonamides is 1. The quantitative estimate of drug-likeness (QED) is 0.322. The summed E-state index contributed by atoms with van der Waals surface area (Å²) < 4.78 is 31.5. The first-order valence-electron chi connectivity index (χ1n) is 10.7. The maximum atomic E-state index is 12.4. The lowest BCUT2D eigenvalue weighted by atomic mass is 10.2. The van der Waals surface area contributed by atoms with E-state index in [0.29, 0.717) is 23.6 Å². The Kier molecular flexibility index (Phi) is 10.3. The highest BCUT2D eigenvalue weighted by Crippen LogP contribution is 2.15. The van der Waals surface area contributed by atoms with E-state index < -0.39 is 15.9 Å². The minimum absolute atomic E-state index is 0.0601. The predicted octanol–water partition coefficient (Wildman–Crippen LogP) is 3.99. The first-order chi connectivity index (χ1) is 15.7. The Hall–Kier alpha value is -2.98. The summed E-state index contributed by atoms with van der Waals surface area (Å²) in [5.41, 5.74) is 0.899. The number of nitrogens with one attached hydrogen (secondary N) is 3. The van der Waals surface area contributed by atoms with Gasteiger partial charge in [0.1, 0.15) is 5.75 Å². The number of ether oxygens (including phenoxy) is 1. The second-order valence-electron chi connectivity index (χ2n) is 7.38. The van der Waals surface area contributed by atoms with E-state index in [1.807, 2.05) is 4.72 Å². The van der Waals surface area contributed by atoms with Gasteiger partial charge in [0.25, 0.3) is 15.9 Å². The van der Waals surface area contributed by atoms with Crippen molar-refractivity contribution < 1.29 is 22.7 Å². The molecule has 2 amide bonds. The second-order valence-corrected chi connectivity index (χ2v) is 9.47. The standard InChI is InChI=1S/C23H29N3O5S2/c1-3-4-5-6-7-16-31-20-12-8-18(9-13-20)22(28)25-23(32)24-19-10-14-21(15-11-19)33(29,30)26-17(2)27/h8-15H,3-7,16H2,1-2H3,(H,26,27)(H2,24,25,28,32). The van der Waals surface area contributed by atoms with Crippen LogP contribution in [0.25, 0.3) is 0 Å². The third kappa shape index (κ3) is 9.19. The van der Waals surface area contributed by atoms with Crippen molar-refractivity contribution in [2.24, 2.45) is 0 Å². The smallest absolute Gasteiger partial charge is 0.264 e. The Morgan fingerprint density at radius 3 is 2.18 bits per heavy atom. The molecule has 2 aromatic carbocycles. The summed E-state index contributed by atoms with van der Waals surface area (Å²) in [4.78, 5) is 23.3. The summed E-state index contributed by atoms with van der Waals surface area (Å²) in [6.45, 7) is 3.94. The van der Waals surface area contributed by atoms with E-state index >= 15 is 0 Å². The highest BCUT2D eigenvalue weighted by Gasteiger charge is 2.15. The van der Waals surface area contributed by atoms with Gasteiger partial charge in [0.05, 0.1) is 11.5 Å². The molecule has 3 N–H and O–H groups in total. The molecule has 0 radical (unpaired) electrons. The van der Waals surface area contributed by atoms with Crippen LogP contribution in [-0.2, 0) is 14.8 Å². The number of unbranched alkanes of at least 4 members (excludes halogenated alkanes) is 4. The zero-order valence-electron chi connectivity index (χ0n) is 18.7. The van der Waals surface area contributed by atoms with Gasteiger partial charge in [-0.3, -0.25) is 14.9 Å². The summed E-state index contributed by atoms with van der Waals surface area (Å²) in [7, 11) is -3.92. The van der Waals surface area contributed by atoms with E-state index in [2.05, 4.69) is 17.6 Å². The number of amides is 2. The third-order valence-corrected chi connectivity index (χ3v) is 6.21. The van der Waals surface area contributed by atoms with Crippen LogP contribution >= 0.6 is 12.2 Å². The molecule has 0 atom stereocenters. The van der Waals surface area contributed by atoms with Crippen molar-refractivity contribution in [2.75, 3.05) is 11.9 Å². The third-order valence-electron chi connectivity index (χ3n) is 4.56. The second kappa shape index (κ2) is 12.9. The lowest BCUT2D eigenvalue weighted by molar-refractivity contribution is -0.117. The Morgan fingerprint density at radius 2 is 1.58 bits per heavy atom. The molecule has 0 saturated heterocycles. The number of carbonyl (C=O) groups is 2. The van der Waals surface area contributed by atoms with Crippen molar-refractivity contribution in [3.8, 4) is 5.75 Å². The maximum absolute atomic E-state index is 12.4. The molecule has 10 heteroatoms. The van der Waals surface area contributed by atoms with Gasteiger partial charge in [0, 0.05) is 18.2 Å². The Morgan fingerprint density at radius 1 is 0.939 bits per heavy atom. The molecule has 0 heterocycles. The van der Waals surface area contributed by atoms with Gasteiger partial charge in [0.15, 0.2) is 5.11 Å². The average Bonchev–Trinajstić information content (AvgIpc) is 2.76. The molecule has 0 unspecified atom stereocenters. The van der Waals surface area contributed by atoms with Crippen LogP contribution in [0.5, 0.6) is 5.75 Å². The van der Waals surface area contributed by atoms with Gasteiger partial charge in [0.2, 0.25) is 5.91 Å². The number of anilines is 1. The van der Waals surface area contributed by atoms with E-state index in [-0.39, 0.29) is 15.9 Å². The van der Waals surface area contributed by atoms with Crippen molar-refractivity contribution in [1.29, 1.82) is 0 Å². The lowest BCUT2D eigenvalue weighted by Gasteiger charge is -2.11. The van der Waals surface area contributed by atoms with Gasteiger partial charge in [-0.15, -0.1) is 0 Å².